The van der Waals surface area contributed by atoms with E-state index in [4.69, 9.17) is 11.6 Å². The maximum atomic E-state index is 12.7. The second-order valence-electron chi connectivity index (χ2n) is 6.54. The third kappa shape index (κ3) is 2.63. The smallest absolute Gasteiger partial charge is 0.237 e. The standard InChI is InChI=1S/C18H18ClN3O2/c19-13-9-20-21(11-13)10-12-4-3-5-14(8-12)22-17(23)15-6-1-2-7-16(15)18(22)24/h3-5,8-9,11,15-16H,1-2,6-7,10H2/t15-,16+. The summed E-state index contributed by atoms with van der Waals surface area (Å²) in [6, 6.07) is 7.55. The van der Waals surface area contributed by atoms with E-state index in [9.17, 15) is 9.59 Å². The van der Waals surface area contributed by atoms with Crippen molar-refractivity contribution in [1.82, 2.24) is 9.78 Å². The van der Waals surface area contributed by atoms with Crippen LogP contribution in [0.1, 0.15) is 31.2 Å². The van der Waals surface area contributed by atoms with Gasteiger partial charge in [0, 0.05) is 6.20 Å². The summed E-state index contributed by atoms with van der Waals surface area (Å²) >= 11 is 5.89. The number of rotatable bonds is 3. The van der Waals surface area contributed by atoms with Crippen molar-refractivity contribution in [2.45, 2.75) is 32.2 Å². The SMILES string of the molecule is O=C1[C@H]2CCCC[C@H]2C(=O)N1c1cccc(Cn2cc(Cl)cn2)c1. The number of aromatic nitrogens is 2. The monoisotopic (exact) mass is 343 g/mol. The molecule has 0 unspecified atom stereocenters. The Balaban J connectivity index is 1.61. The van der Waals surface area contributed by atoms with E-state index in [1.807, 2.05) is 24.3 Å². The van der Waals surface area contributed by atoms with Gasteiger partial charge in [-0.05, 0) is 30.5 Å². The molecule has 2 heterocycles. The molecular formula is C18H18ClN3O2. The van der Waals surface area contributed by atoms with Crippen molar-refractivity contribution in [2.24, 2.45) is 11.8 Å². The third-order valence-electron chi connectivity index (χ3n) is 4.96. The number of benzene rings is 1. The summed E-state index contributed by atoms with van der Waals surface area (Å²) in [5.41, 5.74) is 1.64. The molecule has 6 heteroatoms. The zero-order valence-electron chi connectivity index (χ0n) is 13.2. The zero-order chi connectivity index (χ0) is 16.7. The van der Waals surface area contributed by atoms with Crippen LogP contribution in [0.25, 0.3) is 0 Å². The molecule has 0 spiro atoms. The van der Waals surface area contributed by atoms with Gasteiger partial charge >= 0.3 is 0 Å². The molecule has 1 aromatic carbocycles. The van der Waals surface area contributed by atoms with E-state index >= 15 is 0 Å². The predicted octanol–water partition coefficient (Wildman–Crippen LogP) is 3.26. The molecule has 124 valence electrons. The van der Waals surface area contributed by atoms with Crippen molar-refractivity contribution >= 4 is 29.1 Å². The van der Waals surface area contributed by atoms with E-state index < -0.39 is 0 Å². The fraction of sp³-hybridized carbons (Fsp3) is 0.389. The van der Waals surface area contributed by atoms with E-state index in [0.717, 1.165) is 31.2 Å². The highest BCUT2D eigenvalue weighted by molar-refractivity contribution is 6.30. The molecule has 1 aromatic heterocycles. The van der Waals surface area contributed by atoms with Gasteiger partial charge < -0.3 is 0 Å². The summed E-state index contributed by atoms with van der Waals surface area (Å²) in [4.78, 5) is 26.8. The molecule has 1 saturated heterocycles. The fourth-order valence-corrected chi connectivity index (χ4v) is 3.98. The van der Waals surface area contributed by atoms with E-state index in [1.165, 1.54) is 4.90 Å². The largest absolute Gasteiger partial charge is 0.274 e. The number of carbonyl (C=O) groups excluding carboxylic acids is 2. The lowest BCUT2D eigenvalue weighted by Gasteiger charge is -2.19. The summed E-state index contributed by atoms with van der Waals surface area (Å²) in [5.74, 6) is -0.326. The molecule has 0 bridgehead atoms. The molecule has 1 aliphatic carbocycles. The summed E-state index contributed by atoms with van der Waals surface area (Å²) in [6.07, 6.45) is 7.06. The first-order valence-corrected chi connectivity index (χ1v) is 8.66. The zero-order valence-corrected chi connectivity index (χ0v) is 13.9. The molecule has 2 atom stereocenters. The first kappa shape index (κ1) is 15.4. The number of fused-ring (bicyclic) bond motifs is 1. The first-order valence-electron chi connectivity index (χ1n) is 8.28. The number of imide groups is 1. The molecule has 0 N–H and O–H groups in total. The first-order chi connectivity index (χ1) is 11.6. The predicted molar refractivity (Wildman–Crippen MR) is 90.7 cm³/mol. The summed E-state index contributed by atoms with van der Waals surface area (Å²) in [6.45, 7) is 0.545. The van der Waals surface area contributed by atoms with Gasteiger partial charge in [0.15, 0.2) is 0 Å². The third-order valence-corrected chi connectivity index (χ3v) is 5.15. The summed E-state index contributed by atoms with van der Waals surface area (Å²) in [5, 5.41) is 4.75. The summed E-state index contributed by atoms with van der Waals surface area (Å²) in [7, 11) is 0. The quantitative estimate of drug-likeness (QED) is 0.804. The number of halogens is 1. The van der Waals surface area contributed by atoms with Crippen LogP contribution in [0.4, 0.5) is 5.69 Å². The Bertz CT molecular complexity index is 777. The topological polar surface area (TPSA) is 55.2 Å². The van der Waals surface area contributed by atoms with Crippen LogP contribution in [-0.4, -0.2) is 21.6 Å². The molecule has 1 saturated carbocycles. The van der Waals surface area contributed by atoms with E-state index in [2.05, 4.69) is 5.10 Å². The van der Waals surface area contributed by atoms with Crippen LogP contribution >= 0.6 is 11.6 Å². The van der Waals surface area contributed by atoms with Crippen LogP contribution in [0, 0.1) is 11.8 Å². The van der Waals surface area contributed by atoms with Crippen molar-refractivity contribution in [2.75, 3.05) is 4.90 Å². The molecule has 2 aromatic rings. The van der Waals surface area contributed by atoms with Crippen molar-refractivity contribution in [1.29, 1.82) is 0 Å². The van der Waals surface area contributed by atoms with E-state index in [-0.39, 0.29) is 23.7 Å². The minimum atomic E-state index is -0.125. The lowest BCUT2D eigenvalue weighted by atomic mass is 9.81. The van der Waals surface area contributed by atoms with Gasteiger partial charge in [-0.1, -0.05) is 36.6 Å². The lowest BCUT2D eigenvalue weighted by molar-refractivity contribution is -0.122. The van der Waals surface area contributed by atoms with Crippen LogP contribution < -0.4 is 4.90 Å². The minimum Gasteiger partial charge on any atom is -0.274 e. The Hall–Kier alpha value is -2.14. The highest BCUT2D eigenvalue weighted by atomic mass is 35.5. The van der Waals surface area contributed by atoms with Gasteiger partial charge in [0.25, 0.3) is 0 Å². The second-order valence-corrected chi connectivity index (χ2v) is 6.97. The molecule has 4 rings (SSSR count). The number of anilines is 1. The Morgan fingerprint density at radius 1 is 1.12 bits per heavy atom. The lowest BCUT2D eigenvalue weighted by Crippen LogP contribution is -2.30. The molecular weight excluding hydrogens is 326 g/mol. The van der Waals surface area contributed by atoms with Gasteiger partial charge in [-0.3, -0.25) is 19.2 Å². The van der Waals surface area contributed by atoms with Crippen molar-refractivity contribution in [3.63, 3.8) is 0 Å². The number of amides is 2. The Kier molecular flexibility index (Phi) is 3.88. The van der Waals surface area contributed by atoms with Crippen LogP contribution in [-0.2, 0) is 16.1 Å². The molecule has 1 aliphatic heterocycles. The normalized spacial score (nSPS) is 23.6. The average molecular weight is 344 g/mol. The van der Waals surface area contributed by atoms with Crippen LogP contribution in [0.5, 0.6) is 0 Å². The highest BCUT2D eigenvalue weighted by Crippen LogP contribution is 2.40. The second kappa shape index (κ2) is 6.06. The Morgan fingerprint density at radius 2 is 1.83 bits per heavy atom. The van der Waals surface area contributed by atoms with Crippen molar-refractivity contribution in [3.05, 3.63) is 47.2 Å². The molecule has 2 fully saturated rings. The van der Waals surface area contributed by atoms with Gasteiger partial charge in [-0.2, -0.15) is 5.10 Å². The number of hydrogen-bond acceptors (Lipinski definition) is 3. The van der Waals surface area contributed by atoms with Gasteiger partial charge in [-0.25, -0.2) is 0 Å². The van der Waals surface area contributed by atoms with E-state index in [0.29, 0.717) is 17.3 Å². The molecule has 2 amide bonds. The molecule has 0 radical (unpaired) electrons. The van der Waals surface area contributed by atoms with Crippen LogP contribution in [0.2, 0.25) is 5.02 Å². The average Bonchev–Trinajstić information content (AvgIpc) is 3.10. The van der Waals surface area contributed by atoms with Gasteiger partial charge in [0.2, 0.25) is 11.8 Å². The van der Waals surface area contributed by atoms with Crippen LogP contribution in [0.3, 0.4) is 0 Å². The maximum Gasteiger partial charge on any atom is 0.237 e. The summed E-state index contributed by atoms with van der Waals surface area (Å²) < 4.78 is 1.73. The number of hydrogen-bond donors (Lipinski definition) is 0. The molecule has 24 heavy (non-hydrogen) atoms. The molecule has 5 nitrogen and oxygen atoms in total. The van der Waals surface area contributed by atoms with Gasteiger partial charge in [-0.15, -0.1) is 0 Å². The van der Waals surface area contributed by atoms with Crippen molar-refractivity contribution < 1.29 is 9.59 Å². The maximum absolute atomic E-state index is 12.7. The number of carbonyl (C=O) groups is 2. The Labute approximate surface area is 145 Å². The highest BCUT2D eigenvalue weighted by Gasteiger charge is 2.48. The fourth-order valence-electron chi connectivity index (χ4n) is 3.82. The van der Waals surface area contributed by atoms with Gasteiger partial charge in [0.1, 0.15) is 0 Å². The van der Waals surface area contributed by atoms with E-state index in [1.54, 1.807) is 17.1 Å². The molecule has 2 aliphatic rings. The minimum absolute atomic E-state index is 0.0380. The Morgan fingerprint density at radius 3 is 2.46 bits per heavy atom. The van der Waals surface area contributed by atoms with Crippen LogP contribution in [0.15, 0.2) is 36.7 Å². The number of nitrogens with zero attached hydrogens (tertiary/aromatic N) is 3. The van der Waals surface area contributed by atoms with Crippen molar-refractivity contribution in [3.8, 4) is 0 Å². The van der Waals surface area contributed by atoms with Gasteiger partial charge in [0.05, 0.1) is 35.3 Å².